The molecule has 26 heavy (non-hydrogen) atoms. The summed E-state index contributed by atoms with van der Waals surface area (Å²) in [6.45, 7) is -0.785. The van der Waals surface area contributed by atoms with Crippen LogP contribution in [0.15, 0.2) is 36.4 Å². The van der Waals surface area contributed by atoms with E-state index in [-0.39, 0.29) is 29.4 Å². The molecule has 2 aromatic rings. The van der Waals surface area contributed by atoms with Crippen LogP contribution in [0.2, 0.25) is 0 Å². The Kier molecular flexibility index (Phi) is 6.64. The van der Waals surface area contributed by atoms with Gasteiger partial charge in [0.25, 0.3) is 5.91 Å². The first kappa shape index (κ1) is 19.3. The van der Waals surface area contributed by atoms with Gasteiger partial charge in [0.2, 0.25) is 0 Å². The van der Waals surface area contributed by atoms with E-state index in [0.29, 0.717) is 0 Å². The van der Waals surface area contributed by atoms with E-state index in [1.165, 1.54) is 31.3 Å². The Morgan fingerprint density at radius 2 is 1.65 bits per heavy atom. The highest BCUT2D eigenvalue weighted by molar-refractivity contribution is 5.77. The first-order valence-electron chi connectivity index (χ1n) is 7.26. The molecule has 0 aliphatic carbocycles. The molecule has 1 amide bonds. The normalized spacial score (nSPS) is 10.5. The minimum absolute atomic E-state index is 0.0164. The van der Waals surface area contributed by atoms with E-state index in [1.807, 2.05) is 0 Å². The van der Waals surface area contributed by atoms with Crippen LogP contribution in [0.1, 0.15) is 5.56 Å². The van der Waals surface area contributed by atoms with Crippen LogP contribution in [0.3, 0.4) is 0 Å². The number of carbonyl (C=O) groups is 1. The Bertz CT molecular complexity index is 733. The minimum Gasteiger partial charge on any atom is -0.489 e. The van der Waals surface area contributed by atoms with Crippen molar-refractivity contribution in [1.82, 2.24) is 10.8 Å². The third-order valence-electron chi connectivity index (χ3n) is 3.15. The number of rotatable bonds is 8. The molecule has 0 spiro atoms. The van der Waals surface area contributed by atoms with E-state index in [4.69, 9.17) is 14.7 Å². The number of halogens is 3. The molecule has 10 heteroatoms. The SMILES string of the molecule is CNC(=O)COc1cc(F)c(COc2ccc(ON(O)F)cc2)c(F)c1. The van der Waals surface area contributed by atoms with Gasteiger partial charge in [-0.2, -0.15) is 0 Å². The smallest absolute Gasteiger partial charge is 0.257 e. The van der Waals surface area contributed by atoms with Crippen molar-refractivity contribution in [2.24, 2.45) is 0 Å². The Hall–Kier alpha value is -2.98. The lowest BCUT2D eigenvalue weighted by Crippen LogP contribution is -2.24. The standard InChI is InChI=1S/C16H15F3N2O5/c1-20-16(22)9-25-12-6-14(17)13(15(18)7-12)8-24-10-2-4-11(5-3-10)26-21(19)23/h2-7,23H,8-9H2,1H3,(H,20,22). The van der Waals surface area contributed by atoms with Crippen molar-refractivity contribution in [2.75, 3.05) is 13.7 Å². The maximum Gasteiger partial charge on any atom is 0.257 e. The van der Waals surface area contributed by atoms with Crippen LogP contribution < -0.4 is 19.6 Å². The average Bonchev–Trinajstić information content (AvgIpc) is 2.59. The molecule has 2 N–H and O–H groups in total. The summed E-state index contributed by atoms with van der Waals surface area (Å²) >= 11 is 0. The zero-order valence-corrected chi connectivity index (χ0v) is 13.5. The number of nitrogens with zero attached hydrogens (tertiary/aromatic N) is 1. The van der Waals surface area contributed by atoms with Gasteiger partial charge in [-0.3, -0.25) is 10.0 Å². The van der Waals surface area contributed by atoms with Crippen molar-refractivity contribution in [3.63, 3.8) is 0 Å². The molecule has 140 valence electrons. The number of hydrogen-bond donors (Lipinski definition) is 2. The molecule has 0 aliphatic heterocycles. The maximum atomic E-state index is 14.0. The predicted octanol–water partition coefficient (Wildman–Crippen LogP) is 2.54. The lowest BCUT2D eigenvalue weighted by molar-refractivity contribution is -0.397. The lowest BCUT2D eigenvalue weighted by Gasteiger charge is -2.11. The first-order chi connectivity index (χ1) is 12.4. The molecule has 0 radical (unpaired) electrons. The Morgan fingerprint density at radius 3 is 2.19 bits per heavy atom. The summed E-state index contributed by atoms with van der Waals surface area (Å²) in [4.78, 5) is 15.3. The van der Waals surface area contributed by atoms with Gasteiger partial charge in [0.1, 0.15) is 29.7 Å². The van der Waals surface area contributed by atoms with Crippen molar-refractivity contribution in [1.29, 1.82) is 0 Å². The molecular weight excluding hydrogens is 357 g/mol. The number of carbonyl (C=O) groups excluding carboxylic acids is 1. The number of likely N-dealkylation sites (N-methyl/N-ethyl adjacent to an activating group) is 1. The highest BCUT2D eigenvalue weighted by Crippen LogP contribution is 2.24. The Balaban J connectivity index is 1.99. The lowest BCUT2D eigenvalue weighted by atomic mass is 10.2. The summed E-state index contributed by atoms with van der Waals surface area (Å²) in [6.07, 6.45) is 0. The van der Waals surface area contributed by atoms with Crippen molar-refractivity contribution < 1.29 is 37.6 Å². The fourth-order valence-corrected chi connectivity index (χ4v) is 1.86. The average molecular weight is 372 g/mol. The highest BCUT2D eigenvalue weighted by atomic mass is 19.2. The van der Waals surface area contributed by atoms with E-state index in [1.54, 1.807) is 0 Å². The number of amides is 1. The van der Waals surface area contributed by atoms with Gasteiger partial charge in [0, 0.05) is 19.2 Å². The second kappa shape index (κ2) is 8.92. The molecule has 0 saturated heterocycles. The van der Waals surface area contributed by atoms with Gasteiger partial charge >= 0.3 is 0 Å². The third-order valence-corrected chi connectivity index (χ3v) is 3.15. The quantitative estimate of drug-likeness (QED) is 0.548. The van der Waals surface area contributed by atoms with Gasteiger partial charge in [-0.15, -0.1) is 0 Å². The molecule has 0 atom stereocenters. The largest absolute Gasteiger partial charge is 0.489 e. The fraction of sp³-hybridized carbons (Fsp3) is 0.188. The Morgan fingerprint density at radius 1 is 1.08 bits per heavy atom. The molecule has 2 rings (SSSR count). The van der Waals surface area contributed by atoms with Gasteiger partial charge in [-0.05, 0) is 24.3 Å². The molecule has 2 aromatic carbocycles. The summed E-state index contributed by atoms with van der Waals surface area (Å²) in [5, 5.41) is 10.6. The highest BCUT2D eigenvalue weighted by Gasteiger charge is 2.14. The second-order valence-corrected chi connectivity index (χ2v) is 4.90. The predicted molar refractivity (Wildman–Crippen MR) is 82.1 cm³/mol. The molecule has 0 aliphatic rings. The topological polar surface area (TPSA) is 80.3 Å². The van der Waals surface area contributed by atoms with Gasteiger partial charge in [-0.25, -0.2) is 8.78 Å². The summed E-state index contributed by atoms with van der Waals surface area (Å²) in [6, 6.07) is 7.16. The summed E-state index contributed by atoms with van der Waals surface area (Å²) in [5.41, 5.74) is -1.29. The van der Waals surface area contributed by atoms with Gasteiger partial charge in [0.15, 0.2) is 17.8 Å². The van der Waals surface area contributed by atoms with E-state index in [9.17, 15) is 18.1 Å². The van der Waals surface area contributed by atoms with Crippen LogP contribution in [0, 0.1) is 11.6 Å². The van der Waals surface area contributed by atoms with Crippen LogP contribution in [-0.2, 0) is 11.4 Å². The van der Waals surface area contributed by atoms with Crippen LogP contribution in [0.25, 0.3) is 0 Å². The first-order valence-corrected chi connectivity index (χ1v) is 7.26. The van der Waals surface area contributed by atoms with Crippen molar-refractivity contribution in [3.05, 3.63) is 53.6 Å². The van der Waals surface area contributed by atoms with Gasteiger partial charge in [0.05, 0.1) is 5.56 Å². The van der Waals surface area contributed by atoms with Crippen molar-refractivity contribution in [3.8, 4) is 17.2 Å². The molecule has 0 unspecified atom stereocenters. The monoisotopic (exact) mass is 372 g/mol. The zero-order chi connectivity index (χ0) is 19.1. The number of benzene rings is 2. The number of ether oxygens (including phenoxy) is 2. The molecule has 7 nitrogen and oxygen atoms in total. The molecule has 0 bridgehead atoms. The third kappa shape index (κ3) is 5.53. The van der Waals surface area contributed by atoms with E-state index in [0.717, 1.165) is 12.1 Å². The van der Waals surface area contributed by atoms with Gasteiger partial charge in [-0.1, -0.05) is 4.48 Å². The fourth-order valence-electron chi connectivity index (χ4n) is 1.86. The zero-order valence-electron chi connectivity index (χ0n) is 13.5. The second-order valence-electron chi connectivity index (χ2n) is 4.90. The summed E-state index contributed by atoms with van der Waals surface area (Å²) in [7, 11) is 1.41. The van der Waals surface area contributed by atoms with Gasteiger partial charge < -0.3 is 19.6 Å². The van der Waals surface area contributed by atoms with Crippen molar-refractivity contribution >= 4 is 5.91 Å². The number of hydrogen-bond acceptors (Lipinski definition) is 6. The van der Waals surface area contributed by atoms with Crippen molar-refractivity contribution in [2.45, 2.75) is 6.61 Å². The van der Waals surface area contributed by atoms with E-state index in [2.05, 4.69) is 10.2 Å². The van der Waals surface area contributed by atoms with Crippen LogP contribution >= 0.6 is 0 Å². The van der Waals surface area contributed by atoms with Crippen LogP contribution in [0.4, 0.5) is 13.3 Å². The van der Waals surface area contributed by atoms with E-state index < -0.39 is 29.6 Å². The summed E-state index contributed by atoms with van der Waals surface area (Å²) in [5.74, 6) is -2.15. The molecule has 0 aromatic heterocycles. The summed E-state index contributed by atoms with van der Waals surface area (Å²) < 4.78 is 50.4. The Labute approximate surface area is 146 Å². The molecule has 0 heterocycles. The number of nitrogens with one attached hydrogen (secondary N) is 1. The van der Waals surface area contributed by atoms with Crippen LogP contribution in [0.5, 0.6) is 17.2 Å². The maximum absolute atomic E-state index is 14.0. The molecule has 0 fully saturated rings. The molecule has 0 saturated carbocycles. The van der Waals surface area contributed by atoms with Crippen LogP contribution in [-0.4, -0.2) is 30.2 Å². The van der Waals surface area contributed by atoms with E-state index >= 15 is 0 Å². The molecular formula is C16H15F3N2O5. The minimum atomic E-state index is -0.964.